The van der Waals surface area contributed by atoms with Crippen LogP contribution in [-0.2, 0) is 21.5 Å². The molecule has 4 aliphatic rings. The topological polar surface area (TPSA) is 78.9 Å². The van der Waals surface area contributed by atoms with Crippen LogP contribution in [0.25, 0.3) is 0 Å². The summed E-state index contributed by atoms with van der Waals surface area (Å²) in [6.45, 7) is 2.13. The molecule has 2 N–H and O–H groups in total. The van der Waals surface area contributed by atoms with Crippen molar-refractivity contribution >= 4 is 38.8 Å². The van der Waals surface area contributed by atoms with Crippen LogP contribution in [0.2, 0.25) is 5.02 Å². The zero-order valence-corrected chi connectivity index (χ0v) is 23.4. The predicted octanol–water partition coefficient (Wildman–Crippen LogP) is 4.75. The zero-order valence-electron chi connectivity index (χ0n) is 21.8. The Hall–Kier alpha value is -2.22. The minimum atomic E-state index is -2.77. The number of nitrogens with one attached hydrogen (secondary N) is 1. The third-order valence-corrected chi connectivity index (χ3v) is 11.0. The second-order valence-corrected chi connectivity index (χ2v) is 14.5. The van der Waals surface area contributed by atoms with Crippen LogP contribution in [0.3, 0.4) is 0 Å². The summed E-state index contributed by atoms with van der Waals surface area (Å²) >= 11 is 6.37. The summed E-state index contributed by atoms with van der Waals surface area (Å²) in [5, 5.41) is 11.8. The monoisotopic (exact) mass is 556 g/mol. The first-order chi connectivity index (χ1) is 18.2. The first-order valence-electron chi connectivity index (χ1n) is 13.9. The van der Waals surface area contributed by atoms with Gasteiger partial charge >= 0.3 is 0 Å². The molecular weight excluding hydrogens is 520 g/mol. The number of halogens is 1. The van der Waals surface area contributed by atoms with Gasteiger partial charge in [-0.2, -0.15) is 0 Å². The lowest BCUT2D eigenvalue weighted by Crippen LogP contribution is -2.49. The number of rotatable bonds is 0. The molecule has 2 aliphatic carbocycles. The summed E-state index contributed by atoms with van der Waals surface area (Å²) in [5.41, 5.74) is 3.75. The minimum absolute atomic E-state index is 0.192. The number of carbonyl (C=O) groups excluding carboxylic acids is 1. The molecule has 6 nitrogen and oxygen atoms in total. The van der Waals surface area contributed by atoms with Gasteiger partial charge in [-0.1, -0.05) is 17.7 Å². The Morgan fingerprint density at radius 3 is 2.82 bits per heavy atom. The van der Waals surface area contributed by atoms with Crippen LogP contribution in [0.15, 0.2) is 36.4 Å². The van der Waals surface area contributed by atoms with Crippen molar-refractivity contribution in [3.63, 3.8) is 0 Å². The predicted molar refractivity (Wildman–Crippen MR) is 154 cm³/mol. The molecule has 8 heteroatoms. The van der Waals surface area contributed by atoms with Gasteiger partial charge in [0.1, 0.15) is 5.75 Å². The molecule has 204 valence electrons. The van der Waals surface area contributed by atoms with Gasteiger partial charge in [0.25, 0.3) is 5.91 Å². The van der Waals surface area contributed by atoms with E-state index in [2.05, 4.69) is 27.6 Å². The summed E-state index contributed by atoms with van der Waals surface area (Å²) in [6.07, 6.45) is 6.95. The van der Waals surface area contributed by atoms with Gasteiger partial charge in [-0.05, 0) is 111 Å². The van der Waals surface area contributed by atoms with E-state index < -0.39 is 9.71 Å². The number of carbonyl (C=O) groups is 1. The van der Waals surface area contributed by atoms with Gasteiger partial charge in [0, 0.05) is 44.6 Å². The SMILES string of the molecule is C=S1(=O)CCCC[C@@H](O)[C@@H]2CC[C@H]2CN2C[C@@]3(CCCc4cc(Cl)ccc43)COc3ccc(cc32)C(=O)N1. The van der Waals surface area contributed by atoms with E-state index >= 15 is 0 Å². The molecule has 1 unspecified atom stereocenters. The lowest BCUT2D eigenvalue weighted by molar-refractivity contribution is 0.00933. The lowest BCUT2D eigenvalue weighted by Gasteiger charge is -2.45. The van der Waals surface area contributed by atoms with Crippen molar-refractivity contribution in [3.05, 3.63) is 58.1 Å². The third kappa shape index (κ3) is 4.93. The van der Waals surface area contributed by atoms with E-state index in [-0.39, 0.29) is 23.3 Å². The molecule has 1 spiro atoms. The standard InChI is InChI=1S/C30H37ClN2O4S/c1-38(36)14-3-2-6-27(34)24-10-7-22(24)17-33-18-30(13-4-5-20-15-23(31)9-11-25(20)30)19-37-28-12-8-21(16-26(28)33)29(35)32-38/h8-9,11-12,15-16,22,24,27,34H,1-7,10,13-14,17-19H2,(H,32,35,36)/t22-,24+,27+,30-,38?/m0/s1. The van der Waals surface area contributed by atoms with Gasteiger partial charge in [0.2, 0.25) is 0 Å². The Labute approximate surface area is 230 Å². The van der Waals surface area contributed by atoms with E-state index in [1.165, 1.54) is 11.1 Å². The highest BCUT2D eigenvalue weighted by Crippen LogP contribution is 2.47. The van der Waals surface area contributed by atoms with Crippen LogP contribution >= 0.6 is 11.6 Å². The van der Waals surface area contributed by atoms with Crippen LogP contribution in [0.1, 0.15) is 66.4 Å². The highest BCUT2D eigenvalue weighted by molar-refractivity contribution is 7.99. The summed E-state index contributed by atoms with van der Waals surface area (Å²) in [7, 11) is -2.77. The maximum Gasteiger partial charge on any atom is 0.262 e. The molecule has 5 atom stereocenters. The maximum atomic E-state index is 13.2. The fourth-order valence-electron chi connectivity index (χ4n) is 7.05. The minimum Gasteiger partial charge on any atom is -0.490 e. The normalized spacial score (nSPS) is 33.4. The first-order valence-corrected chi connectivity index (χ1v) is 16.2. The van der Waals surface area contributed by atoms with Gasteiger partial charge in [0.05, 0.1) is 18.4 Å². The number of nitrogens with zero attached hydrogens (tertiary/aromatic N) is 1. The number of amides is 1. The fourth-order valence-corrected chi connectivity index (χ4v) is 8.47. The lowest BCUT2D eigenvalue weighted by atomic mass is 9.68. The molecule has 2 bridgehead atoms. The number of aryl methyl sites for hydroxylation is 1. The molecule has 1 saturated carbocycles. The number of aliphatic hydroxyl groups is 1. The van der Waals surface area contributed by atoms with Crippen LogP contribution in [0.5, 0.6) is 5.75 Å². The zero-order chi connectivity index (χ0) is 26.5. The summed E-state index contributed by atoms with van der Waals surface area (Å²) in [5.74, 6) is 5.14. The van der Waals surface area contributed by atoms with Crippen LogP contribution in [0, 0.1) is 11.8 Å². The number of benzene rings is 2. The molecule has 38 heavy (non-hydrogen) atoms. The van der Waals surface area contributed by atoms with Gasteiger partial charge in [-0.3, -0.25) is 9.52 Å². The Morgan fingerprint density at radius 1 is 1.13 bits per heavy atom. The third-order valence-electron chi connectivity index (χ3n) is 9.23. The number of anilines is 1. The van der Waals surface area contributed by atoms with Gasteiger partial charge < -0.3 is 14.7 Å². The van der Waals surface area contributed by atoms with Crippen molar-refractivity contribution in [2.75, 3.05) is 30.3 Å². The van der Waals surface area contributed by atoms with Crippen molar-refractivity contribution in [1.82, 2.24) is 4.72 Å². The Bertz CT molecular complexity index is 1350. The molecular formula is C30H37ClN2O4S. The molecule has 2 aliphatic heterocycles. The molecule has 0 radical (unpaired) electrons. The molecule has 2 aromatic carbocycles. The Kier molecular flexibility index (Phi) is 6.90. The van der Waals surface area contributed by atoms with Crippen LogP contribution in [-0.4, -0.2) is 52.6 Å². The molecule has 1 amide bonds. The van der Waals surface area contributed by atoms with E-state index in [1.807, 2.05) is 18.2 Å². The van der Waals surface area contributed by atoms with Gasteiger partial charge in [-0.15, -0.1) is 0 Å². The van der Waals surface area contributed by atoms with Crippen LogP contribution < -0.4 is 14.4 Å². The van der Waals surface area contributed by atoms with E-state index in [0.717, 1.165) is 68.1 Å². The number of ether oxygens (including phenoxy) is 1. The van der Waals surface area contributed by atoms with E-state index in [0.29, 0.717) is 36.7 Å². The Morgan fingerprint density at radius 2 is 2.00 bits per heavy atom. The quantitative estimate of drug-likeness (QED) is 0.458. The van der Waals surface area contributed by atoms with Crippen molar-refractivity contribution in [2.45, 2.75) is 62.9 Å². The number of fused-ring (bicyclic) bond motifs is 4. The second kappa shape index (κ2) is 10.1. The summed E-state index contributed by atoms with van der Waals surface area (Å²) < 4.78 is 22.2. The van der Waals surface area contributed by atoms with Gasteiger partial charge in [0.15, 0.2) is 0 Å². The van der Waals surface area contributed by atoms with Crippen molar-refractivity contribution in [2.24, 2.45) is 11.8 Å². The Balaban J connectivity index is 1.42. The van der Waals surface area contributed by atoms with E-state index in [9.17, 15) is 14.1 Å². The van der Waals surface area contributed by atoms with Crippen LogP contribution in [0.4, 0.5) is 5.69 Å². The smallest absolute Gasteiger partial charge is 0.262 e. The molecule has 2 heterocycles. The van der Waals surface area contributed by atoms with Crippen molar-refractivity contribution in [1.29, 1.82) is 0 Å². The average Bonchev–Trinajstić information content (AvgIpc) is 3.01. The maximum absolute atomic E-state index is 13.2. The van der Waals surface area contributed by atoms with E-state index in [4.69, 9.17) is 16.3 Å². The highest BCUT2D eigenvalue weighted by atomic mass is 35.5. The number of hydrogen-bond donors (Lipinski definition) is 2. The van der Waals surface area contributed by atoms with E-state index in [1.54, 1.807) is 6.07 Å². The highest BCUT2D eigenvalue weighted by Gasteiger charge is 2.44. The molecule has 0 aromatic heterocycles. The number of hydrogen-bond acceptors (Lipinski definition) is 5. The largest absolute Gasteiger partial charge is 0.490 e. The van der Waals surface area contributed by atoms with Gasteiger partial charge in [-0.25, -0.2) is 4.21 Å². The molecule has 2 aromatic rings. The second-order valence-electron chi connectivity index (χ2n) is 11.8. The van der Waals surface area contributed by atoms with Crippen molar-refractivity contribution in [3.8, 4) is 5.75 Å². The first kappa shape index (κ1) is 26.0. The van der Waals surface area contributed by atoms with Crippen molar-refractivity contribution < 1.29 is 18.8 Å². The molecule has 0 saturated heterocycles. The molecule has 1 fully saturated rings. The fraction of sp³-hybridized carbons (Fsp3) is 0.533. The average molecular weight is 557 g/mol. The summed E-state index contributed by atoms with van der Waals surface area (Å²) in [6, 6.07) is 11.8. The molecule has 6 rings (SSSR count). The summed E-state index contributed by atoms with van der Waals surface area (Å²) in [4.78, 5) is 15.6. The number of aliphatic hydroxyl groups excluding tert-OH is 1.